The normalized spacial score (nSPS) is 13.6. The van der Waals surface area contributed by atoms with Gasteiger partial charge in [0.1, 0.15) is 36.3 Å². The Bertz CT molecular complexity index is 1550. The van der Waals surface area contributed by atoms with Crippen LogP contribution < -0.4 is 60.2 Å². The number of carbonyl (C=O) groups is 8. The number of carboxylic acids is 1. The van der Waals surface area contributed by atoms with Crippen LogP contribution in [-0.2, 0) is 38.3 Å². The second-order valence-electron chi connectivity index (χ2n) is 19.0. The Balaban J connectivity index is 5.47. The van der Waals surface area contributed by atoms with Crippen molar-refractivity contribution in [3.8, 4) is 0 Å². The Hall–Kier alpha value is -4.29. The van der Waals surface area contributed by atoms with Crippen molar-refractivity contribution < 1.29 is 53.3 Å². The molecule has 74 heavy (non-hydrogen) atoms. The molecule has 0 fully saturated rings. The zero-order valence-corrected chi connectivity index (χ0v) is 45.8. The first kappa shape index (κ1) is 69.7. The molecule has 430 valence electrons. The molecule has 17 N–H and O–H groups in total. The summed E-state index contributed by atoms with van der Waals surface area (Å²) < 4.78 is 5.30. The van der Waals surface area contributed by atoms with Crippen LogP contribution in [0.1, 0.15) is 181 Å². The highest BCUT2D eigenvalue weighted by atomic mass is 32.2. The Morgan fingerprint density at radius 2 is 0.811 bits per heavy atom. The van der Waals surface area contributed by atoms with Gasteiger partial charge in [0.15, 0.2) is 0 Å². The van der Waals surface area contributed by atoms with Crippen LogP contribution in [0.15, 0.2) is 0 Å². The van der Waals surface area contributed by atoms with Crippen LogP contribution in [0.2, 0.25) is 0 Å². The Labute approximate surface area is 445 Å². The minimum Gasteiger partial charge on any atom is -0.480 e. The van der Waals surface area contributed by atoms with Gasteiger partial charge in [0.25, 0.3) is 0 Å². The van der Waals surface area contributed by atoms with E-state index in [0.29, 0.717) is 83.4 Å². The number of amides is 7. The second-order valence-corrected chi connectivity index (χ2v) is 20.1. The number of aliphatic hydroxyl groups excluding tert-OH is 1. The predicted octanol–water partition coefficient (Wildman–Crippen LogP) is 2.45. The third-order valence-electron chi connectivity index (χ3n) is 12.3. The van der Waals surface area contributed by atoms with Gasteiger partial charge in [-0.1, -0.05) is 90.4 Å². The highest BCUT2D eigenvalue weighted by Crippen LogP contribution is 2.14. The number of carbonyl (C=O) groups excluding carboxylic acids is 7. The number of thioether (sulfide) groups is 1. The van der Waals surface area contributed by atoms with Gasteiger partial charge in [0.2, 0.25) is 35.4 Å². The first-order chi connectivity index (χ1) is 35.7. The lowest BCUT2D eigenvalue weighted by molar-refractivity contribution is -0.142. The maximum absolute atomic E-state index is 14.0. The molecule has 22 nitrogen and oxygen atoms in total. The van der Waals surface area contributed by atoms with E-state index in [1.807, 2.05) is 0 Å². The highest BCUT2D eigenvalue weighted by Gasteiger charge is 2.33. The molecule has 0 saturated carbocycles. The number of nitrogens with one attached hydrogen (secondary N) is 7. The largest absolute Gasteiger partial charge is 0.480 e. The molecule has 0 aliphatic rings. The molecule has 0 spiro atoms. The van der Waals surface area contributed by atoms with Gasteiger partial charge in [-0.15, -0.1) is 0 Å². The summed E-state index contributed by atoms with van der Waals surface area (Å²) in [6.45, 7) is 4.41. The van der Waals surface area contributed by atoms with Gasteiger partial charge in [0, 0.05) is 25.0 Å². The molecular formula is C51H99N11O11S. The van der Waals surface area contributed by atoms with Crippen molar-refractivity contribution in [1.82, 2.24) is 37.2 Å². The number of alkyl carbamates (subject to hydrolysis) is 1. The van der Waals surface area contributed by atoms with Gasteiger partial charge in [-0.05, 0) is 110 Å². The van der Waals surface area contributed by atoms with Crippen LogP contribution in [-0.4, -0.2) is 151 Å². The lowest BCUT2D eigenvalue weighted by Crippen LogP contribution is -2.60. The minimum atomic E-state index is -1.55. The molecule has 0 aliphatic heterocycles. The lowest BCUT2D eigenvalue weighted by atomic mass is 10.0. The monoisotopic (exact) mass is 1070 g/mol. The van der Waals surface area contributed by atoms with Crippen LogP contribution in [0.4, 0.5) is 4.79 Å². The first-order valence-corrected chi connectivity index (χ1v) is 28.8. The smallest absolute Gasteiger partial charge is 0.407 e. The number of aliphatic hydroxyl groups is 1. The predicted molar refractivity (Wildman–Crippen MR) is 291 cm³/mol. The molecule has 7 amide bonds. The van der Waals surface area contributed by atoms with Crippen molar-refractivity contribution in [2.75, 3.05) is 57.4 Å². The molecule has 0 aromatic carbocycles. The van der Waals surface area contributed by atoms with Gasteiger partial charge in [0.05, 0.1) is 13.2 Å². The SMILES string of the molecule is CCCCCCCCCCCCCCCCOC(=O)NCCSC[C@H](NC(C)=O)C(=O)N[C@H](CO)C(=O)N[C@@H](CCCCN)C(=O)N[C@@H](CCCCN)C(=O)N[C@@H](CCCCN)C(=O)N[C@@H](CCCCN)C(=O)O. The number of aliphatic carboxylic acids is 1. The average Bonchev–Trinajstić information content (AvgIpc) is 3.37. The second kappa shape index (κ2) is 47.2. The van der Waals surface area contributed by atoms with Gasteiger partial charge < -0.3 is 75.1 Å². The fourth-order valence-electron chi connectivity index (χ4n) is 7.96. The molecular weight excluding hydrogens is 975 g/mol. The van der Waals surface area contributed by atoms with Crippen LogP contribution in [0.3, 0.4) is 0 Å². The summed E-state index contributed by atoms with van der Waals surface area (Å²) in [6.07, 6.45) is 20.8. The number of rotatable bonds is 49. The zero-order chi connectivity index (χ0) is 55.2. The van der Waals surface area contributed by atoms with Crippen molar-refractivity contribution in [2.45, 2.75) is 217 Å². The van der Waals surface area contributed by atoms with Crippen molar-refractivity contribution >= 4 is 59.3 Å². The molecule has 0 aromatic heterocycles. The average molecular weight is 1070 g/mol. The zero-order valence-electron chi connectivity index (χ0n) is 45.0. The molecule has 0 unspecified atom stereocenters. The van der Waals surface area contributed by atoms with E-state index in [2.05, 4.69) is 44.1 Å². The van der Waals surface area contributed by atoms with Crippen LogP contribution in [0.5, 0.6) is 0 Å². The molecule has 0 bridgehead atoms. The summed E-state index contributed by atoms with van der Waals surface area (Å²) in [5, 5.41) is 38.2. The number of nitrogens with two attached hydrogens (primary N) is 4. The maximum atomic E-state index is 14.0. The molecule has 0 saturated heterocycles. The van der Waals surface area contributed by atoms with E-state index in [9.17, 15) is 48.6 Å². The first-order valence-electron chi connectivity index (χ1n) is 27.6. The summed E-state index contributed by atoms with van der Waals surface area (Å²) in [5.41, 5.74) is 22.7. The van der Waals surface area contributed by atoms with E-state index < -0.39 is 90.4 Å². The molecule has 6 atom stereocenters. The number of hydrogen-bond donors (Lipinski definition) is 13. The minimum absolute atomic E-state index is 0.0587. The van der Waals surface area contributed by atoms with Gasteiger partial charge in [-0.25, -0.2) is 9.59 Å². The van der Waals surface area contributed by atoms with E-state index in [-0.39, 0.29) is 44.5 Å². The quantitative estimate of drug-likeness (QED) is 0.0389. The summed E-state index contributed by atoms with van der Waals surface area (Å²) in [4.78, 5) is 105. The molecule has 0 radical (unpaired) electrons. The fraction of sp³-hybridized carbons (Fsp3) is 0.843. The summed E-state index contributed by atoms with van der Waals surface area (Å²) in [7, 11) is 0. The van der Waals surface area contributed by atoms with E-state index in [0.717, 1.165) is 19.3 Å². The lowest BCUT2D eigenvalue weighted by Gasteiger charge is -2.27. The standard InChI is InChI=1S/C51H99N11O11S/c1-3-4-5-6-7-8-9-10-11-12-13-14-15-24-34-73-51(72)56-33-35-74-37-44(57-38(2)64)49(69)62-43(36-63)48(68)60-40(26-17-21-30-53)46(66)58-39(25-16-20-29-52)45(65)59-41(27-18-22-31-54)47(67)61-42(50(70)71)28-19-23-32-55/h39-44,63H,3-37,52-55H2,1-2H3,(H,56,72)(H,57,64)(H,58,66)(H,59,65)(H,60,68)(H,61,67)(H,62,69)(H,70,71)/t39-,40-,41-,42-,43+,44-/m0/s1. The van der Waals surface area contributed by atoms with Crippen LogP contribution in [0.25, 0.3) is 0 Å². The summed E-state index contributed by atoms with van der Waals surface area (Å²) in [5.74, 6) is -5.23. The van der Waals surface area contributed by atoms with E-state index >= 15 is 0 Å². The van der Waals surface area contributed by atoms with Gasteiger partial charge in [-0.3, -0.25) is 28.8 Å². The van der Waals surface area contributed by atoms with E-state index in [1.165, 1.54) is 89.3 Å². The van der Waals surface area contributed by atoms with Crippen LogP contribution in [0, 0.1) is 0 Å². The van der Waals surface area contributed by atoms with Gasteiger partial charge in [-0.2, -0.15) is 11.8 Å². The molecule has 0 heterocycles. The Morgan fingerprint density at radius 3 is 1.19 bits per heavy atom. The van der Waals surface area contributed by atoms with Crippen molar-refractivity contribution in [3.63, 3.8) is 0 Å². The third kappa shape index (κ3) is 36.6. The fourth-order valence-corrected chi connectivity index (χ4v) is 8.84. The van der Waals surface area contributed by atoms with E-state index in [1.54, 1.807) is 0 Å². The third-order valence-corrected chi connectivity index (χ3v) is 13.4. The topological polar surface area (TPSA) is 375 Å². The van der Waals surface area contributed by atoms with Crippen molar-refractivity contribution in [1.29, 1.82) is 0 Å². The Morgan fingerprint density at radius 1 is 0.459 bits per heavy atom. The number of hydrogen-bond acceptors (Lipinski definition) is 15. The summed E-state index contributed by atoms with van der Waals surface area (Å²) in [6, 6.07) is -7.54. The number of unbranched alkanes of at least 4 members (excludes halogenated alkanes) is 17. The molecule has 0 aliphatic carbocycles. The van der Waals surface area contributed by atoms with Gasteiger partial charge >= 0.3 is 12.1 Å². The molecule has 0 aromatic rings. The maximum Gasteiger partial charge on any atom is 0.407 e. The Kier molecular flexibility index (Phi) is 44.4. The highest BCUT2D eigenvalue weighted by molar-refractivity contribution is 7.99. The van der Waals surface area contributed by atoms with E-state index in [4.69, 9.17) is 27.7 Å². The van der Waals surface area contributed by atoms with Crippen molar-refractivity contribution in [2.24, 2.45) is 22.9 Å². The number of ether oxygens (including phenoxy) is 1. The summed E-state index contributed by atoms with van der Waals surface area (Å²) >= 11 is 1.26. The van der Waals surface area contributed by atoms with Crippen LogP contribution >= 0.6 is 11.8 Å². The molecule has 23 heteroatoms. The number of carboxylic acid groups (broad SMARTS) is 1. The van der Waals surface area contributed by atoms with Crippen molar-refractivity contribution in [3.05, 3.63) is 0 Å². The molecule has 0 rings (SSSR count).